The number of halogens is 1. The number of hydrogen-bond acceptors (Lipinski definition) is 10. The van der Waals surface area contributed by atoms with Gasteiger partial charge in [0.2, 0.25) is 11.7 Å². The maximum atomic E-state index is 13.7. The van der Waals surface area contributed by atoms with Gasteiger partial charge in [0.1, 0.15) is 17.1 Å². The Hall–Kier alpha value is -4.29. The second kappa shape index (κ2) is 8.36. The van der Waals surface area contributed by atoms with E-state index in [0.29, 0.717) is 16.7 Å². The molecule has 12 heteroatoms. The number of allylic oxidation sites excluding steroid dienone is 1. The molecule has 0 spiro atoms. The number of rotatable bonds is 3. The van der Waals surface area contributed by atoms with Gasteiger partial charge in [0, 0.05) is 28.8 Å². The highest BCUT2D eigenvalue weighted by atomic mass is 19.1. The largest absolute Gasteiger partial charge is 0.510 e. The van der Waals surface area contributed by atoms with Gasteiger partial charge in [0.15, 0.2) is 17.1 Å². The number of phenols is 1. The summed E-state index contributed by atoms with van der Waals surface area (Å²) in [5.41, 5.74) is 8.28. The highest BCUT2D eigenvalue weighted by molar-refractivity contribution is 6.25. The summed E-state index contributed by atoms with van der Waals surface area (Å²) in [7, 11) is 3.11. The minimum absolute atomic E-state index is 0.0374. The number of likely N-dealkylation sites (N-methyl/N-ethyl adjacent to an activating group) is 1. The molecule has 1 amide bonds. The van der Waals surface area contributed by atoms with E-state index in [2.05, 4.69) is 4.98 Å². The van der Waals surface area contributed by atoms with Crippen LogP contribution in [-0.2, 0) is 16.0 Å². The molecule has 8 N–H and O–H groups in total. The number of fused-ring (bicyclic) bond motifs is 3. The van der Waals surface area contributed by atoms with Crippen molar-refractivity contribution in [3.05, 3.63) is 64.1 Å². The summed E-state index contributed by atoms with van der Waals surface area (Å²) in [6, 6.07) is 3.03. The van der Waals surface area contributed by atoms with E-state index < -0.39 is 69.7 Å². The first kappa shape index (κ1) is 25.4. The van der Waals surface area contributed by atoms with Crippen molar-refractivity contribution in [3.63, 3.8) is 0 Å². The zero-order chi connectivity index (χ0) is 27.8. The molecule has 5 rings (SSSR count). The number of aromatic hydroxyl groups is 1. The molecule has 3 aliphatic rings. The Labute approximate surface area is 215 Å². The standard InChI is InChI=1S/C26H25FN4O7/c1-31(2)19-13-7-11-5-10-6-12(9-3-4-14(27)30-8-9)18(28)21(33)15(10)20(32)16(11)23(35)26(13,38)24(36)17(22(19)34)25(29)37/h3-4,6,8,11,13,19,33-35,38H,5,7,28H2,1-2H3,(H2,29,37)/t11-,13-,19-,26-/m0/s1. The molecule has 0 aliphatic heterocycles. The molecule has 0 saturated carbocycles. The number of aromatic nitrogens is 1. The van der Waals surface area contributed by atoms with Crippen molar-refractivity contribution in [2.75, 3.05) is 19.8 Å². The van der Waals surface area contributed by atoms with E-state index in [9.17, 15) is 39.2 Å². The Bertz CT molecular complexity index is 1500. The third-order valence-corrected chi connectivity index (χ3v) is 7.79. The Morgan fingerprint density at radius 2 is 1.89 bits per heavy atom. The molecule has 38 heavy (non-hydrogen) atoms. The molecule has 11 nitrogen and oxygen atoms in total. The molecule has 2 aromatic rings. The summed E-state index contributed by atoms with van der Waals surface area (Å²) in [5, 5.41) is 44.6. The van der Waals surface area contributed by atoms with Gasteiger partial charge >= 0.3 is 0 Å². The normalized spacial score (nSPS) is 26.8. The van der Waals surface area contributed by atoms with Crippen molar-refractivity contribution in [2.45, 2.75) is 24.5 Å². The number of nitrogens with zero attached hydrogens (tertiary/aromatic N) is 2. The quantitative estimate of drug-likeness (QED) is 0.145. The molecule has 0 fully saturated rings. The lowest BCUT2D eigenvalue weighted by Crippen LogP contribution is -2.63. The number of aliphatic hydroxyl groups excluding tert-OH is 2. The Balaban J connectivity index is 1.70. The number of anilines is 1. The molecule has 3 aliphatic carbocycles. The first-order chi connectivity index (χ1) is 17.8. The number of aliphatic hydroxyl groups is 3. The van der Waals surface area contributed by atoms with Gasteiger partial charge in [-0.1, -0.05) is 0 Å². The lowest BCUT2D eigenvalue weighted by atomic mass is 9.58. The lowest BCUT2D eigenvalue weighted by molar-refractivity contribution is -0.148. The first-order valence-corrected chi connectivity index (χ1v) is 11.7. The van der Waals surface area contributed by atoms with E-state index in [1.807, 2.05) is 0 Å². The van der Waals surface area contributed by atoms with Gasteiger partial charge in [-0.25, -0.2) is 4.98 Å². The number of phenolic OH excluding ortho intramolecular Hbond substituents is 1. The van der Waals surface area contributed by atoms with E-state index in [1.165, 1.54) is 17.2 Å². The average molecular weight is 525 g/mol. The van der Waals surface area contributed by atoms with Gasteiger partial charge < -0.3 is 31.9 Å². The predicted molar refractivity (Wildman–Crippen MR) is 131 cm³/mol. The highest BCUT2D eigenvalue weighted by Crippen LogP contribution is 2.53. The van der Waals surface area contributed by atoms with Crippen LogP contribution in [0, 0.1) is 17.8 Å². The molecule has 0 saturated heterocycles. The summed E-state index contributed by atoms with van der Waals surface area (Å²) >= 11 is 0. The fourth-order valence-electron chi connectivity index (χ4n) is 6.10. The topological polar surface area (TPSA) is 200 Å². The Morgan fingerprint density at radius 1 is 1.21 bits per heavy atom. The number of carbonyl (C=O) groups is 3. The zero-order valence-corrected chi connectivity index (χ0v) is 20.4. The van der Waals surface area contributed by atoms with Crippen LogP contribution in [0.3, 0.4) is 0 Å². The Morgan fingerprint density at radius 3 is 2.47 bits per heavy atom. The smallest absolute Gasteiger partial charge is 0.255 e. The second-order valence-corrected chi connectivity index (χ2v) is 10.1. The number of amides is 1. The van der Waals surface area contributed by atoms with Crippen molar-refractivity contribution in [2.24, 2.45) is 17.6 Å². The van der Waals surface area contributed by atoms with Gasteiger partial charge in [-0.2, -0.15) is 4.39 Å². The number of Topliss-reactive ketones (excluding diaryl/α,β-unsaturated/α-hetero) is 2. The molecular formula is C26H25FN4O7. The molecule has 4 atom stereocenters. The van der Waals surface area contributed by atoms with Crippen LogP contribution in [-0.4, -0.2) is 73.5 Å². The van der Waals surface area contributed by atoms with Crippen molar-refractivity contribution in [1.82, 2.24) is 9.88 Å². The third kappa shape index (κ3) is 3.26. The van der Waals surface area contributed by atoms with E-state index >= 15 is 0 Å². The summed E-state index contributed by atoms with van der Waals surface area (Å²) < 4.78 is 13.3. The van der Waals surface area contributed by atoms with Crippen LogP contribution < -0.4 is 11.5 Å². The van der Waals surface area contributed by atoms with Crippen LogP contribution >= 0.6 is 0 Å². The summed E-state index contributed by atoms with van der Waals surface area (Å²) in [6.07, 6.45) is 1.30. The van der Waals surface area contributed by atoms with E-state index in [0.717, 1.165) is 6.07 Å². The van der Waals surface area contributed by atoms with E-state index in [-0.39, 0.29) is 29.7 Å². The Kier molecular flexibility index (Phi) is 5.58. The van der Waals surface area contributed by atoms with Crippen LogP contribution in [0.5, 0.6) is 5.75 Å². The SMILES string of the molecule is CN(C)[C@@H]1C(O)=C(C(N)=O)C(=O)[C@@]2(O)C(O)=C3C(=O)c4c(cc(-c5ccc(F)nc5)c(N)c4O)C[C@H]3C[C@@H]12. The molecule has 198 valence electrons. The van der Waals surface area contributed by atoms with Crippen molar-refractivity contribution in [3.8, 4) is 16.9 Å². The molecular weight excluding hydrogens is 499 g/mol. The number of primary amides is 1. The maximum Gasteiger partial charge on any atom is 0.255 e. The molecule has 0 unspecified atom stereocenters. The van der Waals surface area contributed by atoms with Gasteiger partial charge in [-0.15, -0.1) is 0 Å². The molecule has 1 aromatic carbocycles. The van der Waals surface area contributed by atoms with Crippen molar-refractivity contribution < 1.29 is 39.2 Å². The van der Waals surface area contributed by atoms with Crippen molar-refractivity contribution >= 4 is 23.2 Å². The summed E-state index contributed by atoms with van der Waals surface area (Å²) in [4.78, 5) is 44.1. The van der Waals surface area contributed by atoms with Crippen LogP contribution in [0.4, 0.5) is 10.1 Å². The number of benzene rings is 1. The third-order valence-electron chi connectivity index (χ3n) is 7.79. The van der Waals surface area contributed by atoms with E-state index in [4.69, 9.17) is 11.5 Å². The fraction of sp³-hybridized carbons (Fsp3) is 0.308. The molecule has 1 aromatic heterocycles. The molecule has 1 heterocycles. The van der Waals surface area contributed by atoms with Gasteiger partial charge in [0.25, 0.3) is 5.91 Å². The van der Waals surface area contributed by atoms with E-state index in [1.54, 1.807) is 20.2 Å². The monoisotopic (exact) mass is 524 g/mol. The lowest BCUT2D eigenvalue weighted by Gasteiger charge is -2.50. The van der Waals surface area contributed by atoms with Gasteiger partial charge in [-0.05, 0) is 56.6 Å². The summed E-state index contributed by atoms with van der Waals surface area (Å²) in [5.74, 6) is -8.17. The molecule has 0 bridgehead atoms. The number of ketones is 2. The predicted octanol–water partition coefficient (Wildman–Crippen LogP) is 0.904. The van der Waals surface area contributed by atoms with Crippen LogP contribution in [0.25, 0.3) is 11.1 Å². The van der Waals surface area contributed by atoms with Crippen LogP contribution in [0.1, 0.15) is 22.3 Å². The number of pyridine rings is 1. The minimum Gasteiger partial charge on any atom is -0.510 e. The van der Waals surface area contributed by atoms with Gasteiger partial charge in [0.05, 0.1) is 17.3 Å². The number of carbonyl (C=O) groups excluding carboxylic acids is 3. The highest BCUT2D eigenvalue weighted by Gasteiger charge is 2.63. The summed E-state index contributed by atoms with van der Waals surface area (Å²) in [6.45, 7) is 0. The van der Waals surface area contributed by atoms with Gasteiger partial charge in [-0.3, -0.25) is 19.3 Å². The number of nitrogens with two attached hydrogens (primary N) is 2. The first-order valence-electron chi connectivity index (χ1n) is 11.7. The number of nitrogen functional groups attached to an aromatic ring is 1. The van der Waals surface area contributed by atoms with Crippen molar-refractivity contribution in [1.29, 1.82) is 0 Å². The molecule has 0 radical (unpaired) electrons. The fourth-order valence-corrected chi connectivity index (χ4v) is 6.10. The second-order valence-electron chi connectivity index (χ2n) is 10.1. The van der Waals surface area contributed by atoms with Crippen LogP contribution in [0.15, 0.2) is 47.1 Å². The zero-order valence-electron chi connectivity index (χ0n) is 20.4. The maximum absolute atomic E-state index is 13.7. The van der Waals surface area contributed by atoms with Crippen LogP contribution in [0.2, 0.25) is 0 Å². The minimum atomic E-state index is -2.72. The average Bonchev–Trinajstić information content (AvgIpc) is 2.83. The number of hydrogen-bond donors (Lipinski definition) is 6.